The molecule has 0 unspecified atom stereocenters. The topological polar surface area (TPSA) is 17.1 Å². The summed E-state index contributed by atoms with van der Waals surface area (Å²) in [5.41, 5.74) is 1.57. The molecule has 0 fully saturated rings. The van der Waals surface area contributed by atoms with Crippen LogP contribution in [0.15, 0.2) is 36.4 Å². The average molecular weight is 178 g/mol. The fraction of sp³-hybridized carbons (Fsp3) is 0.100. The molecule has 0 spiro atoms. The van der Waals surface area contributed by atoms with E-state index in [9.17, 15) is 4.79 Å². The molecule has 0 bridgehead atoms. The number of hydrogen-bond donors (Lipinski definition) is 1. The number of carbonyl (C=O) groups excluding carboxylic acids is 1. The van der Waals surface area contributed by atoms with E-state index in [0.29, 0.717) is 5.57 Å². The Morgan fingerprint density at radius 2 is 1.92 bits per heavy atom. The summed E-state index contributed by atoms with van der Waals surface area (Å²) in [4.78, 5) is 11.0. The number of hydrogen-bond acceptors (Lipinski definition) is 1. The van der Waals surface area contributed by atoms with E-state index >= 15 is 0 Å². The van der Waals surface area contributed by atoms with Crippen LogP contribution in [0.5, 0.6) is 0 Å². The quantitative estimate of drug-likeness (QED) is 0.544. The Morgan fingerprint density at radius 3 is 2.33 bits per heavy atom. The Kier molecular flexibility index (Phi) is 3.11. The van der Waals surface area contributed by atoms with Crippen molar-refractivity contribution >= 4 is 23.3 Å². The number of carbonyl (C=O) groups is 1. The molecule has 62 valence electrons. The highest BCUT2D eigenvalue weighted by Crippen LogP contribution is 2.15. The highest BCUT2D eigenvalue weighted by Gasteiger charge is 2.04. The molecule has 1 aromatic carbocycles. The van der Waals surface area contributed by atoms with Crippen molar-refractivity contribution in [3.8, 4) is 0 Å². The fourth-order valence-electron chi connectivity index (χ4n) is 1.03. The van der Waals surface area contributed by atoms with Crippen molar-refractivity contribution in [2.75, 3.05) is 0 Å². The van der Waals surface area contributed by atoms with Gasteiger partial charge in [-0.1, -0.05) is 36.4 Å². The van der Waals surface area contributed by atoms with Gasteiger partial charge in [-0.15, -0.1) is 12.6 Å². The minimum Gasteiger partial charge on any atom is -0.282 e. The lowest BCUT2D eigenvalue weighted by atomic mass is 10.1. The van der Waals surface area contributed by atoms with Gasteiger partial charge in [0, 0.05) is 5.57 Å². The first-order valence-electron chi connectivity index (χ1n) is 3.70. The maximum Gasteiger partial charge on any atom is 0.216 e. The van der Waals surface area contributed by atoms with Crippen LogP contribution in [0.3, 0.4) is 0 Å². The number of allylic oxidation sites excluding steroid dienone is 1. The highest BCUT2D eigenvalue weighted by molar-refractivity contribution is 7.98. The van der Waals surface area contributed by atoms with E-state index in [2.05, 4.69) is 12.6 Å². The lowest BCUT2D eigenvalue weighted by molar-refractivity contribution is -0.106. The zero-order chi connectivity index (χ0) is 8.97. The predicted octanol–water partition coefficient (Wildman–Crippen LogP) is 2.55. The minimum atomic E-state index is -0.191. The second-order valence-corrected chi connectivity index (χ2v) is 2.78. The molecule has 0 aliphatic carbocycles. The Hall–Kier alpha value is -1.02. The maximum absolute atomic E-state index is 11.0. The van der Waals surface area contributed by atoms with Gasteiger partial charge in [0.15, 0.2) is 0 Å². The molecule has 12 heavy (non-hydrogen) atoms. The van der Waals surface area contributed by atoms with E-state index in [0.717, 1.165) is 5.56 Å². The molecule has 0 aliphatic rings. The van der Waals surface area contributed by atoms with Crippen LogP contribution >= 0.6 is 12.6 Å². The lowest BCUT2D eigenvalue weighted by Crippen LogP contribution is -1.91. The minimum absolute atomic E-state index is 0.191. The van der Waals surface area contributed by atoms with Crippen LogP contribution in [0.1, 0.15) is 12.5 Å². The van der Waals surface area contributed by atoms with Gasteiger partial charge in [-0.3, -0.25) is 4.79 Å². The molecule has 0 amide bonds. The third kappa shape index (κ3) is 1.98. The van der Waals surface area contributed by atoms with Gasteiger partial charge in [0.2, 0.25) is 5.12 Å². The van der Waals surface area contributed by atoms with Gasteiger partial charge >= 0.3 is 0 Å². The normalized spacial score (nSPS) is 11.3. The lowest BCUT2D eigenvalue weighted by Gasteiger charge is -2.00. The molecule has 1 rings (SSSR count). The van der Waals surface area contributed by atoms with Crippen molar-refractivity contribution in [2.45, 2.75) is 6.92 Å². The average Bonchev–Trinajstić information content (AvgIpc) is 2.07. The number of benzene rings is 1. The molecule has 0 aliphatic heterocycles. The van der Waals surface area contributed by atoms with Gasteiger partial charge < -0.3 is 0 Å². The second kappa shape index (κ2) is 4.12. The summed E-state index contributed by atoms with van der Waals surface area (Å²) in [5, 5.41) is -0.191. The summed E-state index contributed by atoms with van der Waals surface area (Å²) >= 11 is 3.78. The van der Waals surface area contributed by atoms with Gasteiger partial charge in [-0.2, -0.15) is 0 Å². The Morgan fingerprint density at radius 1 is 1.33 bits per heavy atom. The van der Waals surface area contributed by atoms with Crippen molar-refractivity contribution in [2.24, 2.45) is 0 Å². The summed E-state index contributed by atoms with van der Waals surface area (Å²) in [5.74, 6) is 0. The second-order valence-electron chi connectivity index (χ2n) is 2.37. The Bertz CT molecular complexity index is 301. The van der Waals surface area contributed by atoms with Crippen LogP contribution in [0.25, 0.3) is 5.57 Å². The summed E-state index contributed by atoms with van der Waals surface area (Å²) in [7, 11) is 0. The number of rotatable bonds is 2. The van der Waals surface area contributed by atoms with E-state index in [1.165, 1.54) is 0 Å². The van der Waals surface area contributed by atoms with E-state index < -0.39 is 0 Å². The van der Waals surface area contributed by atoms with Crippen LogP contribution in [0, 0.1) is 0 Å². The zero-order valence-corrected chi connectivity index (χ0v) is 7.71. The van der Waals surface area contributed by atoms with Crippen LogP contribution in [0.4, 0.5) is 0 Å². The zero-order valence-electron chi connectivity index (χ0n) is 6.82. The Balaban J connectivity index is 3.05. The standard InChI is InChI=1S/C10H10OS/c1-2-9(10(11)12)8-6-4-3-5-7-8/h2-7H,1H3,(H,11,12). The van der Waals surface area contributed by atoms with E-state index in [1.807, 2.05) is 37.3 Å². The SMILES string of the molecule is CC=C(C(=O)S)c1ccccc1. The van der Waals surface area contributed by atoms with Crippen molar-refractivity contribution in [3.05, 3.63) is 42.0 Å². The monoisotopic (exact) mass is 178 g/mol. The van der Waals surface area contributed by atoms with Gasteiger partial charge in [0.05, 0.1) is 0 Å². The molecule has 0 heterocycles. The first kappa shape index (κ1) is 9.07. The highest BCUT2D eigenvalue weighted by atomic mass is 32.1. The first-order chi connectivity index (χ1) is 5.75. The molecule has 1 aromatic rings. The van der Waals surface area contributed by atoms with E-state index in [1.54, 1.807) is 6.08 Å². The fourth-order valence-corrected chi connectivity index (χ4v) is 1.29. The summed E-state index contributed by atoms with van der Waals surface area (Å²) in [6.07, 6.45) is 1.77. The molecular weight excluding hydrogens is 168 g/mol. The molecule has 1 nitrogen and oxygen atoms in total. The van der Waals surface area contributed by atoms with Gasteiger partial charge in [-0.25, -0.2) is 0 Å². The van der Waals surface area contributed by atoms with Gasteiger partial charge in [-0.05, 0) is 12.5 Å². The number of thiol groups is 1. The van der Waals surface area contributed by atoms with Crippen molar-refractivity contribution in [1.29, 1.82) is 0 Å². The predicted molar refractivity (Wildman–Crippen MR) is 54.1 cm³/mol. The third-order valence-corrected chi connectivity index (χ3v) is 1.84. The molecule has 0 saturated carbocycles. The van der Waals surface area contributed by atoms with Crippen LogP contribution in [-0.2, 0) is 4.79 Å². The Labute approximate surface area is 77.5 Å². The van der Waals surface area contributed by atoms with Crippen molar-refractivity contribution in [1.82, 2.24) is 0 Å². The van der Waals surface area contributed by atoms with Crippen molar-refractivity contribution in [3.63, 3.8) is 0 Å². The summed E-state index contributed by atoms with van der Waals surface area (Å²) in [6, 6.07) is 9.50. The summed E-state index contributed by atoms with van der Waals surface area (Å²) < 4.78 is 0. The van der Waals surface area contributed by atoms with E-state index in [-0.39, 0.29) is 5.12 Å². The maximum atomic E-state index is 11.0. The molecular formula is C10H10OS. The summed E-state index contributed by atoms with van der Waals surface area (Å²) in [6.45, 7) is 1.83. The molecule has 2 heteroatoms. The molecule has 0 N–H and O–H groups in total. The smallest absolute Gasteiger partial charge is 0.216 e. The molecule has 0 radical (unpaired) electrons. The van der Waals surface area contributed by atoms with Gasteiger partial charge in [0.1, 0.15) is 0 Å². The van der Waals surface area contributed by atoms with Crippen LogP contribution in [-0.4, -0.2) is 5.12 Å². The molecule has 0 saturated heterocycles. The van der Waals surface area contributed by atoms with E-state index in [4.69, 9.17) is 0 Å². The van der Waals surface area contributed by atoms with Crippen molar-refractivity contribution < 1.29 is 4.79 Å². The first-order valence-corrected chi connectivity index (χ1v) is 4.15. The third-order valence-electron chi connectivity index (χ3n) is 1.60. The molecule has 0 atom stereocenters. The van der Waals surface area contributed by atoms with Gasteiger partial charge in [0.25, 0.3) is 0 Å². The molecule has 0 aromatic heterocycles. The largest absolute Gasteiger partial charge is 0.282 e. The van der Waals surface area contributed by atoms with Crippen LogP contribution < -0.4 is 0 Å². The van der Waals surface area contributed by atoms with Crippen LogP contribution in [0.2, 0.25) is 0 Å².